The van der Waals surface area contributed by atoms with E-state index in [0.717, 1.165) is 0 Å². The molecular formula is C11H27NO2. The van der Waals surface area contributed by atoms with Crippen LogP contribution >= 0.6 is 0 Å². The first-order valence-corrected chi connectivity index (χ1v) is 5.46. The van der Waals surface area contributed by atoms with Gasteiger partial charge in [0.25, 0.3) is 0 Å². The van der Waals surface area contributed by atoms with E-state index in [4.69, 9.17) is 5.11 Å². The Kier molecular flexibility index (Phi) is 20.3. The number of carbonyl (C=O) groups is 1. The highest BCUT2D eigenvalue weighted by molar-refractivity contribution is 5.73. The van der Waals surface area contributed by atoms with Gasteiger partial charge in [-0.1, -0.05) is 41.5 Å². The van der Waals surface area contributed by atoms with Gasteiger partial charge in [-0.15, -0.1) is 0 Å². The van der Waals surface area contributed by atoms with Crippen LogP contribution in [0, 0.1) is 5.92 Å². The van der Waals surface area contributed by atoms with Crippen LogP contribution in [-0.2, 0) is 4.79 Å². The molecule has 0 aromatic rings. The molecule has 0 radical (unpaired) electrons. The number of nitrogens with one attached hydrogen (secondary N) is 1. The Morgan fingerprint density at radius 1 is 1.21 bits per heavy atom. The molecule has 0 aromatic heterocycles. The third kappa shape index (κ3) is 14.0. The molecule has 0 bridgehead atoms. The second kappa shape index (κ2) is 14.9. The molecule has 0 saturated heterocycles. The van der Waals surface area contributed by atoms with Gasteiger partial charge in [-0.3, -0.25) is 4.79 Å². The molecule has 0 saturated carbocycles. The van der Waals surface area contributed by atoms with Crippen molar-refractivity contribution in [1.82, 2.24) is 5.32 Å². The average molecular weight is 205 g/mol. The van der Waals surface area contributed by atoms with Crippen molar-refractivity contribution >= 4 is 5.91 Å². The molecule has 0 aromatic carbocycles. The first kappa shape index (κ1) is 19.1. The fourth-order valence-corrected chi connectivity index (χ4v) is 0.684. The molecule has 3 heteroatoms. The molecule has 3 nitrogen and oxygen atoms in total. The Hall–Kier alpha value is -0.570. The largest absolute Gasteiger partial charge is 0.394 e. The summed E-state index contributed by atoms with van der Waals surface area (Å²) in [6, 6.07) is -0.0995. The minimum atomic E-state index is -0.0995. The zero-order chi connectivity index (χ0) is 12.1. The molecule has 1 atom stereocenters. The lowest BCUT2D eigenvalue weighted by atomic mass is 10.1. The van der Waals surface area contributed by atoms with E-state index in [9.17, 15) is 4.79 Å². The third-order valence-electron chi connectivity index (χ3n) is 1.39. The van der Waals surface area contributed by atoms with Gasteiger partial charge in [-0.05, 0) is 5.92 Å². The molecule has 0 spiro atoms. The van der Waals surface area contributed by atoms with Gasteiger partial charge in [-0.25, -0.2) is 0 Å². The Balaban J connectivity index is -0.000000266. The third-order valence-corrected chi connectivity index (χ3v) is 1.39. The van der Waals surface area contributed by atoms with Gasteiger partial charge in [0.2, 0.25) is 5.91 Å². The van der Waals surface area contributed by atoms with Gasteiger partial charge < -0.3 is 10.4 Å². The van der Waals surface area contributed by atoms with E-state index in [-0.39, 0.29) is 24.5 Å². The van der Waals surface area contributed by atoms with Crippen LogP contribution in [-0.4, -0.2) is 23.7 Å². The van der Waals surface area contributed by atoms with Crippen molar-refractivity contribution in [1.29, 1.82) is 0 Å². The van der Waals surface area contributed by atoms with Gasteiger partial charge >= 0.3 is 0 Å². The van der Waals surface area contributed by atoms with Crippen LogP contribution in [0.1, 0.15) is 48.5 Å². The van der Waals surface area contributed by atoms with E-state index < -0.39 is 0 Å². The molecule has 14 heavy (non-hydrogen) atoms. The predicted octanol–water partition coefficient (Wildman–Crippen LogP) is 2.19. The van der Waals surface area contributed by atoms with Crippen molar-refractivity contribution in [3.8, 4) is 0 Å². The Bertz CT molecular complexity index is 114. The average Bonchev–Trinajstić information content (AvgIpc) is 2.19. The quantitative estimate of drug-likeness (QED) is 0.742. The summed E-state index contributed by atoms with van der Waals surface area (Å²) in [7, 11) is 0. The summed E-state index contributed by atoms with van der Waals surface area (Å²) >= 11 is 0. The van der Waals surface area contributed by atoms with E-state index >= 15 is 0 Å². The van der Waals surface area contributed by atoms with Gasteiger partial charge in [0.15, 0.2) is 0 Å². The summed E-state index contributed by atoms with van der Waals surface area (Å²) in [6.45, 7) is 13.4. The molecule has 88 valence electrons. The molecule has 0 heterocycles. The van der Waals surface area contributed by atoms with Crippen molar-refractivity contribution in [2.24, 2.45) is 5.92 Å². The highest BCUT2D eigenvalue weighted by Gasteiger charge is 2.11. The molecule has 2 N–H and O–H groups in total. The summed E-state index contributed by atoms with van der Waals surface area (Å²) < 4.78 is 0. The molecule has 0 fully saturated rings. The van der Waals surface area contributed by atoms with Crippen molar-refractivity contribution in [2.45, 2.75) is 54.5 Å². The standard InChI is InChI=1S/C7H15NO2.2C2H6/c1-5(2)7(4-9)8-6(3)10;2*1-2/h5,7,9H,4H2,1-3H3,(H,8,10);2*1-2H3/t7-;;/m1../s1. The topological polar surface area (TPSA) is 49.3 Å². The van der Waals surface area contributed by atoms with Crippen LogP contribution < -0.4 is 5.32 Å². The predicted molar refractivity (Wildman–Crippen MR) is 62.2 cm³/mol. The first-order valence-electron chi connectivity index (χ1n) is 5.46. The number of aliphatic hydroxyl groups excluding tert-OH is 1. The molecule has 0 aliphatic rings. The smallest absolute Gasteiger partial charge is 0.217 e. The Labute approximate surface area is 88.9 Å². The summed E-state index contributed by atoms with van der Waals surface area (Å²) in [5.41, 5.74) is 0. The number of amides is 1. The lowest BCUT2D eigenvalue weighted by Gasteiger charge is -2.18. The van der Waals surface area contributed by atoms with Crippen LogP contribution in [0.5, 0.6) is 0 Å². The molecule has 1 amide bonds. The lowest BCUT2D eigenvalue weighted by Crippen LogP contribution is -2.39. The maximum absolute atomic E-state index is 10.5. The maximum Gasteiger partial charge on any atom is 0.217 e. The van der Waals surface area contributed by atoms with Crippen molar-refractivity contribution in [3.63, 3.8) is 0 Å². The minimum Gasteiger partial charge on any atom is -0.394 e. The number of hydrogen-bond donors (Lipinski definition) is 2. The Morgan fingerprint density at radius 2 is 1.57 bits per heavy atom. The lowest BCUT2D eigenvalue weighted by molar-refractivity contribution is -0.120. The number of hydrogen-bond acceptors (Lipinski definition) is 2. The van der Waals surface area contributed by atoms with E-state index in [1.165, 1.54) is 6.92 Å². The Morgan fingerprint density at radius 3 is 1.64 bits per heavy atom. The monoisotopic (exact) mass is 205 g/mol. The highest BCUT2D eigenvalue weighted by Crippen LogP contribution is 1.99. The van der Waals surface area contributed by atoms with E-state index in [2.05, 4.69) is 5.32 Å². The molecule has 0 unspecified atom stereocenters. The fourth-order valence-electron chi connectivity index (χ4n) is 0.684. The van der Waals surface area contributed by atoms with E-state index in [0.29, 0.717) is 0 Å². The normalized spacial score (nSPS) is 10.4. The van der Waals surface area contributed by atoms with Gasteiger partial charge in [0.1, 0.15) is 0 Å². The van der Waals surface area contributed by atoms with Gasteiger partial charge in [-0.2, -0.15) is 0 Å². The summed E-state index contributed by atoms with van der Waals surface area (Å²) in [5.74, 6) is 0.196. The van der Waals surface area contributed by atoms with Crippen molar-refractivity contribution in [3.05, 3.63) is 0 Å². The van der Waals surface area contributed by atoms with E-state index in [1.54, 1.807) is 0 Å². The van der Waals surface area contributed by atoms with Crippen LogP contribution in [0.25, 0.3) is 0 Å². The zero-order valence-electron chi connectivity index (χ0n) is 10.7. The fraction of sp³-hybridized carbons (Fsp3) is 0.909. The van der Waals surface area contributed by atoms with Crippen molar-refractivity contribution in [2.75, 3.05) is 6.61 Å². The van der Waals surface area contributed by atoms with Crippen LogP contribution in [0.3, 0.4) is 0 Å². The molecule has 0 aliphatic carbocycles. The number of carbonyl (C=O) groups excluding carboxylic acids is 1. The van der Waals surface area contributed by atoms with Crippen molar-refractivity contribution < 1.29 is 9.90 Å². The first-order chi connectivity index (χ1) is 6.57. The van der Waals surface area contributed by atoms with Gasteiger partial charge in [0.05, 0.1) is 12.6 Å². The van der Waals surface area contributed by atoms with Crippen LogP contribution in [0.4, 0.5) is 0 Å². The summed E-state index contributed by atoms with van der Waals surface area (Å²) in [6.07, 6.45) is 0. The molecular weight excluding hydrogens is 178 g/mol. The molecule has 0 rings (SSSR count). The number of aliphatic hydroxyl groups is 1. The second-order valence-corrected chi connectivity index (χ2v) is 2.73. The second-order valence-electron chi connectivity index (χ2n) is 2.73. The summed E-state index contributed by atoms with van der Waals surface area (Å²) in [4.78, 5) is 10.5. The number of rotatable bonds is 3. The SMILES string of the molecule is CC.CC.CC(=O)N[C@H](CO)C(C)C. The highest BCUT2D eigenvalue weighted by atomic mass is 16.3. The van der Waals surface area contributed by atoms with Crippen LogP contribution in [0.2, 0.25) is 0 Å². The van der Waals surface area contributed by atoms with Crippen LogP contribution in [0.15, 0.2) is 0 Å². The maximum atomic E-state index is 10.5. The molecule has 0 aliphatic heterocycles. The summed E-state index contributed by atoms with van der Waals surface area (Å²) in [5, 5.41) is 11.4. The van der Waals surface area contributed by atoms with Gasteiger partial charge in [0, 0.05) is 6.92 Å². The minimum absolute atomic E-state index is 0.0112. The van der Waals surface area contributed by atoms with E-state index in [1.807, 2.05) is 41.5 Å². The zero-order valence-corrected chi connectivity index (χ0v) is 10.7.